The standard InChI is InChI=1S/C9H5IN2/c10-8-4-6-2-1-3-7(5-11)9(6)12-8/h1-4,12H. The van der Waals surface area contributed by atoms with Crippen molar-refractivity contribution in [1.29, 1.82) is 5.26 Å². The summed E-state index contributed by atoms with van der Waals surface area (Å²) in [5.74, 6) is 0. The summed E-state index contributed by atoms with van der Waals surface area (Å²) in [6, 6.07) is 9.88. The van der Waals surface area contributed by atoms with Crippen molar-refractivity contribution >= 4 is 33.5 Å². The molecule has 1 heterocycles. The van der Waals surface area contributed by atoms with Crippen molar-refractivity contribution in [2.24, 2.45) is 0 Å². The molecule has 2 nitrogen and oxygen atoms in total. The topological polar surface area (TPSA) is 39.6 Å². The van der Waals surface area contributed by atoms with Gasteiger partial charge in [-0.25, -0.2) is 0 Å². The summed E-state index contributed by atoms with van der Waals surface area (Å²) in [6.07, 6.45) is 0. The first-order chi connectivity index (χ1) is 5.81. The molecule has 3 heteroatoms. The molecule has 0 unspecified atom stereocenters. The van der Waals surface area contributed by atoms with Crippen LogP contribution in [0.15, 0.2) is 24.3 Å². The van der Waals surface area contributed by atoms with E-state index < -0.39 is 0 Å². The van der Waals surface area contributed by atoms with Crippen molar-refractivity contribution in [3.05, 3.63) is 33.5 Å². The highest BCUT2D eigenvalue weighted by molar-refractivity contribution is 14.1. The Balaban J connectivity index is 2.89. The van der Waals surface area contributed by atoms with Crippen LogP contribution in [-0.2, 0) is 0 Å². The van der Waals surface area contributed by atoms with Crippen LogP contribution in [0.5, 0.6) is 0 Å². The fourth-order valence-corrected chi connectivity index (χ4v) is 1.82. The van der Waals surface area contributed by atoms with Gasteiger partial charge in [0.15, 0.2) is 0 Å². The Hall–Kier alpha value is -1.02. The van der Waals surface area contributed by atoms with Crippen LogP contribution in [0, 0.1) is 15.0 Å². The summed E-state index contributed by atoms with van der Waals surface area (Å²) < 4.78 is 1.06. The number of fused-ring (bicyclic) bond motifs is 1. The number of nitrogens with zero attached hydrogens (tertiary/aromatic N) is 1. The number of hydrogen-bond acceptors (Lipinski definition) is 1. The zero-order chi connectivity index (χ0) is 8.55. The first-order valence-electron chi connectivity index (χ1n) is 3.48. The predicted octanol–water partition coefficient (Wildman–Crippen LogP) is 2.64. The molecular weight excluding hydrogens is 263 g/mol. The monoisotopic (exact) mass is 268 g/mol. The zero-order valence-corrected chi connectivity index (χ0v) is 8.29. The van der Waals surface area contributed by atoms with E-state index in [2.05, 4.69) is 33.6 Å². The Bertz CT molecular complexity index is 465. The molecule has 0 atom stereocenters. The Morgan fingerprint density at radius 3 is 3.00 bits per heavy atom. The fraction of sp³-hybridized carbons (Fsp3) is 0. The van der Waals surface area contributed by atoms with E-state index in [0.29, 0.717) is 5.56 Å². The number of aromatic nitrogens is 1. The molecule has 1 aromatic carbocycles. The molecular formula is C9H5IN2. The summed E-state index contributed by atoms with van der Waals surface area (Å²) >= 11 is 2.20. The molecule has 0 fully saturated rings. The van der Waals surface area contributed by atoms with Gasteiger partial charge in [0.2, 0.25) is 0 Å². The van der Waals surface area contributed by atoms with Crippen LogP contribution < -0.4 is 0 Å². The Morgan fingerprint density at radius 2 is 2.25 bits per heavy atom. The first kappa shape index (κ1) is 7.62. The molecule has 0 bridgehead atoms. The number of H-pyrrole nitrogens is 1. The van der Waals surface area contributed by atoms with Crippen molar-refractivity contribution in [2.75, 3.05) is 0 Å². The maximum absolute atomic E-state index is 8.77. The maximum atomic E-state index is 8.77. The molecule has 0 saturated carbocycles. The quantitative estimate of drug-likeness (QED) is 0.733. The summed E-state index contributed by atoms with van der Waals surface area (Å²) in [5.41, 5.74) is 1.64. The van der Waals surface area contributed by atoms with Gasteiger partial charge in [-0.2, -0.15) is 5.26 Å². The van der Waals surface area contributed by atoms with Crippen LogP contribution in [0.1, 0.15) is 5.56 Å². The van der Waals surface area contributed by atoms with Crippen LogP contribution in [0.4, 0.5) is 0 Å². The van der Waals surface area contributed by atoms with E-state index in [-0.39, 0.29) is 0 Å². The maximum Gasteiger partial charge on any atom is 0.101 e. The number of nitriles is 1. The minimum Gasteiger partial charge on any atom is -0.349 e. The lowest BCUT2D eigenvalue weighted by molar-refractivity contribution is 1.39. The van der Waals surface area contributed by atoms with Crippen molar-refractivity contribution in [1.82, 2.24) is 4.98 Å². The molecule has 0 saturated heterocycles. The molecule has 2 rings (SSSR count). The summed E-state index contributed by atoms with van der Waals surface area (Å²) in [4.78, 5) is 3.14. The summed E-state index contributed by atoms with van der Waals surface area (Å²) in [6.45, 7) is 0. The van der Waals surface area contributed by atoms with Crippen LogP contribution in [0.2, 0.25) is 0 Å². The van der Waals surface area contributed by atoms with Gasteiger partial charge in [0, 0.05) is 5.39 Å². The van der Waals surface area contributed by atoms with Crippen LogP contribution >= 0.6 is 22.6 Å². The zero-order valence-electron chi connectivity index (χ0n) is 6.13. The van der Waals surface area contributed by atoms with Gasteiger partial charge in [-0.15, -0.1) is 0 Å². The second-order valence-electron chi connectivity index (χ2n) is 2.50. The molecule has 0 radical (unpaired) electrons. The van der Waals surface area contributed by atoms with Gasteiger partial charge < -0.3 is 4.98 Å². The molecule has 1 aromatic heterocycles. The predicted molar refractivity (Wildman–Crippen MR) is 55.7 cm³/mol. The van der Waals surface area contributed by atoms with Gasteiger partial charge in [0.05, 0.1) is 14.8 Å². The number of nitrogens with one attached hydrogen (secondary N) is 1. The third kappa shape index (κ3) is 1.08. The SMILES string of the molecule is N#Cc1cccc2cc(I)[nH]c12. The molecule has 0 aliphatic rings. The van der Waals surface area contributed by atoms with Crippen LogP contribution in [0.3, 0.4) is 0 Å². The van der Waals surface area contributed by atoms with E-state index in [0.717, 1.165) is 14.6 Å². The van der Waals surface area contributed by atoms with Crippen molar-refractivity contribution < 1.29 is 0 Å². The Labute approximate surface area is 83.3 Å². The molecule has 12 heavy (non-hydrogen) atoms. The smallest absolute Gasteiger partial charge is 0.101 e. The Kier molecular flexibility index (Phi) is 1.77. The second-order valence-corrected chi connectivity index (χ2v) is 3.66. The van der Waals surface area contributed by atoms with Gasteiger partial charge in [0.1, 0.15) is 6.07 Å². The van der Waals surface area contributed by atoms with Crippen molar-refractivity contribution in [3.8, 4) is 6.07 Å². The van der Waals surface area contributed by atoms with Crippen molar-refractivity contribution in [3.63, 3.8) is 0 Å². The van der Waals surface area contributed by atoms with E-state index in [1.807, 2.05) is 24.3 Å². The third-order valence-corrected chi connectivity index (χ3v) is 2.32. The average molecular weight is 268 g/mol. The number of hydrogen-bond donors (Lipinski definition) is 1. The third-order valence-electron chi connectivity index (χ3n) is 1.74. The minimum absolute atomic E-state index is 0.704. The average Bonchev–Trinajstić information content (AvgIpc) is 2.44. The van der Waals surface area contributed by atoms with Gasteiger partial charge >= 0.3 is 0 Å². The Morgan fingerprint density at radius 1 is 1.42 bits per heavy atom. The number of aromatic amines is 1. The molecule has 58 valence electrons. The van der Waals surface area contributed by atoms with E-state index in [1.54, 1.807) is 0 Å². The molecule has 0 aliphatic carbocycles. The van der Waals surface area contributed by atoms with Crippen molar-refractivity contribution in [2.45, 2.75) is 0 Å². The molecule has 0 spiro atoms. The molecule has 0 aliphatic heterocycles. The lowest BCUT2D eigenvalue weighted by Gasteiger charge is -1.90. The number of benzene rings is 1. The fourth-order valence-electron chi connectivity index (χ4n) is 1.22. The lowest BCUT2D eigenvalue weighted by Crippen LogP contribution is -1.76. The highest BCUT2D eigenvalue weighted by atomic mass is 127. The molecule has 2 aromatic rings. The highest BCUT2D eigenvalue weighted by Gasteiger charge is 2.01. The number of rotatable bonds is 0. The normalized spacial score (nSPS) is 10.0. The van der Waals surface area contributed by atoms with Gasteiger partial charge in [0.25, 0.3) is 0 Å². The highest BCUT2D eigenvalue weighted by Crippen LogP contribution is 2.19. The van der Waals surface area contributed by atoms with Gasteiger partial charge in [-0.3, -0.25) is 0 Å². The number of halogens is 1. The van der Waals surface area contributed by atoms with Crippen LogP contribution in [-0.4, -0.2) is 4.98 Å². The molecule has 1 N–H and O–H groups in total. The van der Waals surface area contributed by atoms with E-state index in [4.69, 9.17) is 5.26 Å². The minimum atomic E-state index is 0.704. The molecule has 0 amide bonds. The van der Waals surface area contributed by atoms with Gasteiger partial charge in [-0.05, 0) is 34.7 Å². The van der Waals surface area contributed by atoms with Crippen LogP contribution in [0.25, 0.3) is 10.9 Å². The van der Waals surface area contributed by atoms with E-state index in [9.17, 15) is 0 Å². The largest absolute Gasteiger partial charge is 0.349 e. The van der Waals surface area contributed by atoms with E-state index >= 15 is 0 Å². The number of para-hydroxylation sites is 1. The van der Waals surface area contributed by atoms with E-state index in [1.165, 1.54) is 0 Å². The lowest BCUT2D eigenvalue weighted by atomic mass is 10.2. The summed E-state index contributed by atoms with van der Waals surface area (Å²) in [5, 5.41) is 9.87. The summed E-state index contributed by atoms with van der Waals surface area (Å²) in [7, 11) is 0. The first-order valence-corrected chi connectivity index (χ1v) is 4.56. The van der Waals surface area contributed by atoms with Gasteiger partial charge in [-0.1, -0.05) is 12.1 Å². The second kappa shape index (κ2) is 2.79.